The maximum atomic E-state index is 13.5. The van der Waals surface area contributed by atoms with E-state index in [1.54, 1.807) is 6.07 Å². The van der Waals surface area contributed by atoms with Gasteiger partial charge in [-0.25, -0.2) is 9.18 Å². The molecule has 0 fully saturated rings. The molecule has 31 heavy (non-hydrogen) atoms. The second-order valence-corrected chi connectivity index (χ2v) is 14.1. The molecule has 1 aromatic rings. The van der Waals surface area contributed by atoms with Gasteiger partial charge in [-0.2, -0.15) is 0 Å². The van der Waals surface area contributed by atoms with E-state index >= 15 is 0 Å². The zero-order valence-corrected chi connectivity index (χ0v) is 20.4. The van der Waals surface area contributed by atoms with Crippen molar-refractivity contribution in [3.8, 4) is 11.5 Å². The lowest BCUT2D eigenvalue weighted by Gasteiger charge is -2.31. The lowest BCUT2D eigenvalue weighted by atomic mass is 10.0. The molecule has 8 heteroatoms. The molecular formula is C23H33FN2O4Si. The van der Waals surface area contributed by atoms with E-state index in [0.29, 0.717) is 5.56 Å². The van der Waals surface area contributed by atoms with Crippen molar-refractivity contribution < 1.29 is 23.5 Å². The van der Waals surface area contributed by atoms with Gasteiger partial charge in [0.15, 0.2) is 0 Å². The smallest absolute Gasteiger partial charge is 0.329 e. The Morgan fingerprint density at radius 1 is 1.16 bits per heavy atom. The second kappa shape index (κ2) is 11.1. The highest BCUT2D eigenvalue weighted by Crippen LogP contribution is 2.35. The summed E-state index contributed by atoms with van der Waals surface area (Å²) in [6, 6.07) is 3.84. The number of nitrogens with one attached hydrogen (secondary N) is 2. The summed E-state index contributed by atoms with van der Waals surface area (Å²) in [7, 11) is -0.638. The highest BCUT2D eigenvalue weighted by molar-refractivity contribution is 6.87. The Kier molecular flexibility index (Phi) is 9.44. The molecule has 6 nitrogen and oxygen atoms in total. The third-order valence-electron chi connectivity index (χ3n) is 5.41. The second-order valence-electron chi connectivity index (χ2n) is 9.05. The topological polar surface area (TPSA) is 84.5 Å². The number of halogens is 1. The summed E-state index contributed by atoms with van der Waals surface area (Å²) in [6.07, 6.45) is 0.171. The highest BCUT2D eigenvalue weighted by Gasteiger charge is 2.34. The maximum absolute atomic E-state index is 13.5. The van der Waals surface area contributed by atoms with E-state index in [0.717, 1.165) is 0 Å². The summed E-state index contributed by atoms with van der Waals surface area (Å²) >= 11 is 0. The van der Waals surface area contributed by atoms with Crippen LogP contribution in [0.25, 0.3) is 0 Å². The number of benzene rings is 1. The fraction of sp³-hybridized carbons (Fsp3) is 0.522. The van der Waals surface area contributed by atoms with Crippen molar-refractivity contribution >= 4 is 25.9 Å². The zero-order chi connectivity index (χ0) is 23.8. The van der Waals surface area contributed by atoms with Crippen LogP contribution in [0.5, 0.6) is 0 Å². The lowest BCUT2D eigenvalue weighted by molar-refractivity contribution is -0.145. The van der Waals surface area contributed by atoms with Crippen molar-refractivity contribution in [3.05, 3.63) is 35.6 Å². The molecule has 2 atom stereocenters. The predicted octanol–water partition coefficient (Wildman–Crippen LogP) is 2.97. The average Bonchev–Trinajstić information content (AvgIpc) is 2.64. The first-order chi connectivity index (χ1) is 14.3. The molecule has 0 saturated heterocycles. The number of rotatable bonds is 7. The van der Waals surface area contributed by atoms with Crippen molar-refractivity contribution in [2.24, 2.45) is 0 Å². The molecule has 0 radical (unpaired) electrons. The molecule has 0 saturated carbocycles. The van der Waals surface area contributed by atoms with Crippen molar-refractivity contribution in [1.29, 1.82) is 0 Å². The van der Waals surface area contributed by atoms with Gasteiger partial charge in [0.05, 0.1) is 7.11 Å². The number of carbonyl (C=O) groups excluding carboxylic acids is 3. The molecule has 2 amide bonds. The van der Waals surface area contributed by atoms with Crippen LogP contribution in [0.4, 0.5) is 4.39 Å². The van der Waals surface area contributed by atoms with Gasteiger partial charge in [-0.05, 0) is 22.7 Å². The van der Waals surface area contributed by atoms with Crippen LogP contribution in [0, 0.1) is 17.3 Å². The van der Waals surface area contributed by atoms with E-state index < -0.39 is 43.8 Å². The van der Waals surface area contributed by atoms with Crippen LogP contribution >= 0.6 is 0 Å². The number of hydrogen-bond acceptors (Lipinski definition) is 4. The molecule has 0 bridgehead atoms. The first-order valence-electron chi connectivity index (χ1n) is 10.2. The van der Waals surface area contributed by atoms with Gasteiger partial charge in [0.1, 0.15) is 26.0 Å². The van der Waals surface area contributed by atoms with Crippen molar-refractivity contribution in [2.75, 3.05) is 7.11 Å². The largest absolute Gasteiger partial charge is 0.467 e. The molecule has 0 heterocycles. The van der Waals surface area contributed by atoms with Crippen LogP contribution in [0.15, 0.2) is 24.3 Å². The van der Waals surface area contributed by atoms with Gasteiger partial charge < -0.3 is 15.4 Å². The van der Waals surface area contributed by atoms with Gasteiger partial charge >= 0.3 is 5.97 Å². The summed E-state index contributed by atoms with van der Waals surface area (Å²) < 4.78 is 18.3. The van der Waals surface area contributed by atoms with Crippen molar-refractivity contribution in [2.45, 2.75) is 70.8 Å². The van der Waals surface area contributed by atoms with E-state index in [9.17, 15) is 18.8 Å². The normalized spacial score (nSPS) is 13.3. The minimum Gasteiger partial charge on any atom is -0.467 e. The fourth-order valence-electron chi connectivity index (χ4n) is 2.52. The van der Waals surface area contributed by atoms with Crippen molar-refractivity contribution in [1.82, 2.24) is 10.6 Å². The van der Waals surface area contributed by atoms with Crippen LogP contribution in [0.2, 0.25) is 18.1 Å². The number of amides is 2. The van der Waals surface area contributed by atoms with Crippen LogP contribution in [-0.4, -0.2) is 45.1 Å². The van der Waals surface area contributed by atoms with Crippen LogP contribution < -0.4 is 10.6 Å². The molecular weight excluding hydrogens is 415 g/mol. The summed E-state index contributed by atoms with van der Waals surface area (Å²) in [5.74, 6) is 1.01. The average molecular weight is 449 g/mol. The molecule has 0 aromatic heterocycles. The molecule has 0 aliphatic heterocycles. The summed E-state index contributed by atoms with van der Waals surface area (Å²) in [5, 5.41) is 5.24. The van der Waals surface area contributed by atoms with E-state index in [2.05, 4.69) is 56.0 Å². The molecule has 1 aromatic carbocycles. The molecule has 0 unspecified atom stereocenters. The summed E-state index contributed by atoms with van der Waals surface area (Å²) in [5.41, 5.74) is 3.85. The molecule has 170 valence electrons. The number of carbonyl (C=O) groups is 3. The van der Waals surface area contributed by atoms with Gasteiger partial charge in [0, 0.05) is 19.8 Å². The quantitative estimate of drug-likeness (QED) is 0.382. The van der Waals surface area contributed by atoms with E-state index in [4.69, 9.17) is 4.74 Å². The van der Waals surface area contributed by atoms with Gasteiger partial charge in [0.2, 0.25) is 11.8 Å². The minimum atomic E-state index is -1.88. The Bertz CT molecular complexity index is 868. The summed E-state index contributed by atoms with van der Waals surface area (Å²) in [4.78, 5) is 36.7. The molecule has 1 rings (SSSR count). The van der Waals surface area contributed by atoms with Crippen LogP contribution in [0.1, 0.15) is 39.7 Å². The Hall–Kier alpha value is -2.66. The standard InChI is InChI=1S/C23H33FN2O4Si/c1-16(27)25-20(15-17-10-8-11-18(24)14-17)21(28)26-19(22(29)30-5)12-9-13-31(6,7)23(2,3)4/h8,10-11,14,19-20H,12,15H2,1-7H3,(H,25,27)(H,26,28)/t19-,20+/m0/s1. The number of hydrogen-bond donors (Lipinski definition) is 2. The van der Waals surface area contributed by atoms with Crippen molar-refractivity contribution in [3.63, 3.8) is 0 Å². The fourth-order valence-corrected chi connectivity index (χ4v) is 3.44. The Labute approximate surface area is 185 Å². The predicted molar refractivity (Wildman–Crippen MR) is 121 cm³/mol. The SMILES string of the molecule is COC(=O)[C@H](CC#C[Si](C)(C)C(C)(C)C)NC(=O)[C@@H](Cc1cccc(F)c1)NC(C)=O. The summed E-state index contributed by atoms with van der Waals surface area (Å²) in [6.45, 7) is 12.0. The first-order valence-corrected chi connectivity index (χ1v) is 13.2. The van der Waals surface area contributed by atoms with E-state index in [1.165, 1.54) is 32.2 Å². The monoisotopic (exact) mass is 448 g/mol. The third kappa shape index (κ3) is 8.54. The number of ether oxygens (including phenoxy) is 1. The van der Waals surface area contributed by atoms with Gasteiger partial charge in [0.25, 0.3) is 0 Å². The molecule has 0 spiro atoms. The number of esters is 1. The molecule has 2 N–H and O–H groups in total. The van der Waals surface area contributed by atoms with E-state index in [1.807, 2.05) is 0 Å². The first kappa shape index (κ1) is 26.4. The lowest BCUT2D eigenvalue weighted by Crippen LogP contribution is -2.52. The Morgan fingerprint density at radius 2 is 1.81 bits per heavy atom. The Morgan fingerprint density at radius 3 is 2.32 bits per heavy atom. The van der Waals surface area contributed by atoms with Crippen LogP contribution in [-0.2, 0) is 25.5 Å². The highest BCUT2D eigenvalue weighted by atomic mass is 28.3. The maximum Gasteiger partial charge on any atom is 0.329 e. The van der Waals surface area contributed by atoms with E-state index in [-0.39, 0.29) is 17.9 Å². The van der Waals surface area contributed by atoms with Gasteiger partial charge in [-0.1, -0.05) is 46.0 Å². The van der Waals surface area contributed by atoms with Gasteiger partial charge in [-0.3, -0.25) is 9.59 Å². The minimum absolute atomic E-state index is 0.0610. The number of methoxy groups -OCH3 is 1. The third-order valence-corrected chi connectivity index (χ3v) is 9.96. The Balaban J connectivity index is 3.01. The van der Waals surface area contributed by atoms with Crippen LogP contribution in [0.3, 0.4) is 0 Å². The molecule has 0 aliphatic rings. The van der Waals surface area contributed by atoms with Gasteiger partial charge in [-0.15, -0.1) is 11.5 Å². The zero-order valence-electron chi connectivity index (χ0n) is 19.4. The molecule has 0 aliphatic carbocycles.